The smallest absolute Gasteiger partial charge is 0.318 e. The summed E-state index contributed by atoms with van der Waals surface area (Å²) in [4.78, 5) is 39.7. The fourth-order valence-corrected chi connectivity index (χ4v) is 6.37. The molecule has 2 aromatic heterocycles. The van der Waals surface area contributed by atoms with Crippen LogP contribution in [0.2, 0.25) is 0 Å². The number of benzene rings is 1. The Morgan fingerprint density at radius 3 is 2.59 bits per heavy atom. The maximum absolute atomic E-state index is 12.9. The standard InChI is InChI=1S/C29H32N6O2/c1-33-10-12-34(13-11-33)28(36)19-4-2-18(3-5-19)21-14-23-24(17-31-27(23)30-16-21)20-8-9-35-26(15-20)22-6-7-25(22)32-29(35)37/h2-5,14-17,22,25-26H,6-13H2,1H3,(H,30,31)(H,32,37). The molecule has 0 spiro atoms. The molecule has 7 rings (SSSR count). The number of likely N-dealkylation sites (N-methyl/N-ethyl adjacent to an activating group) is 1. The minimum Gasteiger partial charge on any atom is -0.346 e. The third-order valence-corrected chi connectivity index (χ3v) is 8.82. The minimum absolute atomic E-state index is 0.0821. The largest absolute Gasteiger partial charge is 0.346 e. The molecule has 3 aromatic rings. The van der Waals surface area contributed by atoms with Gasteiger partial charge in [0.05, 0.1) is 6.04 Å². The molecule has 2 N–H and O–H groups in total. The van der Waals surface area contributed by atoms with Crippen LogP contribution in [0.25, 0.3) is 27.7 Å². The number of hydrogen-bond acceptors (Lipinski definition) is 4. The molecule has 5 heterocycles. The first-order chi connectivity index (χ1) is 18.0. The molecule has 3 atom stereocenters. The van der Waals surface area contributed by atoms with Crippen molar-refractivity contribution in [3.05, 3.63) is 59.9 Å². The van der Waals surface area contributed by atoms with Gasteiger partial charge in [-0.05, 0) is 55.6 Å². The zero-order valence-electron chi connectivity index (χ0n) is 21.1. The van der Waals surface area contributed by atoms with Crippen LogP contribution in [0, 0.1) is 5.92 Å². The Balaban J connectivity index is 1.15. The second-order valence-electron chi connectivity index (χ2n) is 10.9. The summed E-state index contributed by atoms with van der Waals surface area (Å²) in [5.41, 5.74) is 6.13. The molecule has 3 fully saturated rings. The Hall–Kier alpha value is -3.65. The number of carbonyl (C=O) groups is 2. The Kier molecular flexibility index (Phi) is 5.32. The molecule has 4 aliphatic rings. The van der Waals surface area contributed by atoms with Crippen LogP contribution in [0.5, 0.6) is 0 Å². The minimum atomic E-state index is 0.0821. The first-order valence-electron chi connectivity index (χ1n) is 13.4. The SMILES string of the molecule is CN1CCN(C(=O)c2ccc(-c3cnc4[nH]cc(C5=CC6C7CCC7NC(=O)N6CC5)c4c3)cc2)CC1. The van der Waals surface area contributed by atoms with Crippen molar-refractivity contribution in [2.75, 3.05) is 39.8 Å². The summed E-state index contributed by atoms with van der Waals surface area (Å²) in [6, 6.07) is 10.7. The van der Waals surface area contributed by atoms with Gasteiger partial charge in [0.25, 0.3) is 5.91 Å². The van der Waals surface area contributed by atoms with E-state index in [1.807, 2.05) is 40.3 Å². The summed E-state index contributed by atoms with van der Waals surface area (Å²) >= 11 is 0. The van der Waals surface area contributed by atoms with Gasteiger partial charge in [-0.25, -0.2) is 9.78 Å². The Bertz CT molecular complexity index is 1400. The number of nitrogens with one attached hydrogen (secondary N) is 2. The lowest BCUT2D eigenvalue weighted by molar-refractivity contribution is 0.0658. The number of H-pyrrole nitrogens is 1. The van der Waals surface area contributed by atoms with Gasteiger partial charge in [-0.15, -0.1) is 0 Å². The van der Waals surface area contributed by atoms with E-state index in [2.05, 4.69) is 40.6 Å². The molecular formula is C29H32N6O2. The lowest BCUT2D eigenvalue weighted by Gasteiger charge is -2.52. The average molecular weight is 497 g/mol. The number of carbonyl (C=O) groups excluding carboxylic acids is 2. The highest BCUT2D eigenvalue weighted by atomic mass is 16.2. The van der Waals surface area contributed by atoms with Crippen LogP contribution in [0.15, 0.2) is 48.8 Å². The molecule has 3 amide bonds. The van der Waals surface area contributed by atoms with Crippen molar-refractivity contribution in [1.82, 2.24) is 30.0 Å². The fraction of sp³-hybridized carbons (Fsp3) is 0.414. The summed E-state index contributed by atoms with van der Waals surface area (Å²) in [6.45, 7) is 4.12. The van der Waals surface area contributed by atoms with E-state index in [1.54, 1.807) is 0 Å². The molecule has 8 nitrogen and oxygen atoms in total. The number of aromatic nitrogens is 2. The maximum atomic E-state index is 12.9. The Morgan fingerprint density at radius 2 is 1.84 bits per heavy atom. The van der Waals surface area contributed by atoms with Crippen LogP contribution in [0.4, 0.5) is 4.79 Å². The maximum Gasteiger partial charge on any atom is 0.318 e. The number of urea groups is 1. The first kappa shape index (κ1) is 22.5. The van der Waals surface area contributed by atoms with Gasteiger partial charge in [0.15, 0.2) is 0 Å². The highest BCUT2D eigenvalue weighted by Gasteiger charge is 2.46. The van der Waals surface area contributed by atoms with Crippen LogP contribution >= 0.6 is 0 Å². The highest BCUT2D eigenvalue weighted by Crippen LogP contribution is 2.41. The van der Waals surface area contributed by atoms with Gasteiger partial charge in [0.2, 0.25) is 0 Å². The molecular weight excluding hydrogens is 464 g/mol. The summed E-state index contributed by atoms with van der Waals surface area (Å²) in [5.74, 6) is 0.614. The number of rotatable bonds is 3. The van der Waals surface area contributed by atoms with Gasteiger partial charge in [-0.2, -0.15) is 0 Å². The number of piperazine rings is 1. The summed E-state index contributed by atoms with van der Waals surface area (Å²) in [6.07, 6.45) is 9.37. The fourth-order valence-electron chi connectivity index (χ4n) is 6.37. The number of hydrogen-bond donors (Lipinski definition) is 2. The van der Waals surface area contributed by atoms with Gasteiger partial charge < -0.3 is 25.0 Å². The van der Waals surface area contributed by atoms with Crippen molar-refractivity contribution >= 4 is 28.5 Å². The van der Waals surface area contributed by atoms with E-state index in [0.29, 0.717) is 12.0 Å². The number of amides is 3. The van der Waals surface area contributed by atoms with Crippen molar-refractivity contribution in [1.29, 1.82) is 0 Å². The van der Waals surface area contributed by atoms with E-state index in [1.165, 1.54) is 17.6 Å². The van der Waals surface area contributed by atoms with Gasteiger partial charge >= 0.3 is 6.03 Å². The second-order valence-corrected chi connectivity index (χ2v) is 10.9. The predicted molar refractivity (Wildman–Crippen MR) is 143 cm³/mol. The molecule has 1 aliphatic carbocycles. The summed E-state index contributed by atoms with van der Waals surface area (Å²) in [5, 5.41) is 4.26. The summed E-state index contributed by atoms with van der Waals surface area (Å²) < 4.78 is 0. The average Bonchev–Trinajstić information content (AvgIpc) is 3.34. The molecule has 0 radical (unpaired) electrons. The van der Waals surface area contributed by atoms with Crippen molar-refractivity contribution in [3.8, 4) is 11.1 Å². The highest BCUT2D eigenvalue weighted by molar-refractivity contribution is 5.96. The van der Waals surface area contributed by atoms with E-state index in [-0.39, 0.29) is 18.0 Å². The lowest BCUT2D eigenvalue weighted by Crippen LogP contribution is -2.66. The lowest BCUT2D eigenvalue weighted by atomic mass is 9.71. The molecule has 8 heteroatoms. The van der Waals surface area contributed by atoms with Gasteiger partial charge in [-0.1, -0.05) is 18.2 Å². The van der Waals surface area contributed by atoms with Crippen LogP contribution in [0.3, 0.4) is 0 Å². The quantitative estimate of drug-likeness (QED) is 0.581. The molecule has 3 aliphatic heterocycles. The van der Waals surface area contributed by atoms with Crippen LogP contribution in [0.1, 0.15) is 35.2 Å². The Labute approximate surface area is 216 Å². The predicted octanol–water partition coefficient (Wildman–Crippen LogP) is 3.58. The number of fused-ring (bicyclic) bond motifs is 4. The van der Waals surface area contributed by atoms with Crippen LogP contribution in [-0.4, -0.2) is 88.5 Å². The number of aromatic amines is 1. The van der Waals surface area contributed by atoms with Crippen molar-refractivity contribution in [3.63, 3.8) is 0 Å². The molecule has 3 unspecified atom stereocenters. The normalized spacial score (nSPS) is 25.7. The molecule has 2 saturated heterocycles. The molecule has 1 aromatic carbocycles. The van der Waals surface area contributed by atoms with Crippen LogP contribution in [-0.2, 0) is 0 Å². The zero-order valence-corrected chi connectivity index (χ0v) is 21.1. The number of pyridine rings is 1. The topological polar surface area (TPSA) is 84.6 Å². The third kappa shape index (κ3) is 3.82. The van der Waals surface area contributed by atoms with E-state index < -0.39 is 0 Å². The van der Waals surface area contributed by atoms with Crippen LogP contribution < -0.4 is 5.32 Å². The zero-order chi connectivity index (χ0) is 25.1. The van der Waals surface area contributed by atoms with E-state index in [4.69, 9.17) is 4.98 Å². The second kappa shape index (κ2) is 8.73. The first-order valence-corrected chi connectivity index (χ1v) is 13.4. The van der Waals surface area contributed by atoms with Gasteiger partial charge in [0.1, 0.15) is 5.65 Å². The monoisotopic (exact) mass is 496 g/mol. The molecule has 0 bridgehead atoms. The van der Waals surface area contributed by atoms with Crippen molar-refractivity contribution in [2.24, 2.45) is 5.92 Å². The van der Waals surface area contributed by atoms with E-state index in [0.717, 1.165) is 73.3 Å². The summed E-state index contributed by atoms with van der Waals surface area (Å²) in [7, 11) is 2.09. The molecule has 190 valence electrons. The van der Waals surface area contributed by atoms with Gasteiger partial charge in [0, 0.05) is 79.2 Å². The Morgan fingerprint density at radius 1 is 1.03 bits per heavy atom. The third-order valence-electron chi connectivity index (χ3n) is 8.82. The number of nitrogens with zero attached hydrogens (tertiary/aromatic N) is 4. The van der Waals surface area contributed by atoms with Crippen molar-refractivity contribution < 1.29 is 9.59 Å². The molecule has 1 saturated carbocycles. The molecule has 37 heavy (non-hydrogen) atoms. The van der Waals surface area contributed by atoms with E-state index in [9.17, 15) is 9.59 Å². The van der Waals surface area contributed by atoms with E-state index >= 15 is 0 Å². The van der Waals surface area contributed by atoms with Crippen molar-refractivity contribution in [2.45, 2.75) is 31.3 Å². The van der Waals surface area contributed by atoms with Gasteiger partial charge in [-0.3, -0.25) is 4.79 Å².